The van der Waals surface area contributed by atoms with Gasteiger partial charge < -0.3 is 19.7 Å². The predicted octanol–water partition coefficient (Wildman–Crippen LogP) is 3.13. The number of methoxy groups -OCH3 is 2. The second-order valence-corrected chi connectivity index (χ2v) is 4.83. The molecular weight excluding hydrogens is 393 g/mol. The highest BCUT2D eigenvalue weighted by atomic mass is 127. The van der Waals surface area contributed by atoms with Gasteiger partial charge in [-0.1, -0.05) is 25.5 Å². The van der Waals surface area contributed by atoms with Crippen molar-refractivity contribution in [2.45, 2.75) is 26.3 Å². The fourth-order valence-electron chi connectivity index (χ4n) is 2.15. The van der Waals surface area contributed by atoms with E-state index < -0.39 is 0 Å². The Labute approximate surface area is 151 Å². The van der Waals surface area contributed by atoms with Crippen molar-refractivity contribution in [1.29, 1.82) is 0 Å². The first kappa shape index (κ1) is 20.8. The van der Waals surface area contributed by atoms with Crippen LogP contribution in [0.25, 0.3) is 0 Å². The summed E-state index contributed by atoms with van der Waals surface area (Å²) in [5.74, 6) is 2.39. The first-order valence-corrected chi connectivity index (χ1v) is 7.29. The molecule has 0 aliphatic carbocycles. The van der Waals surface area contributed by atoms with Gasteiger partial charge in [0.15, 0.2) is 17.5 Å². The number of benzene rings is 1. The van der Waals surface area contributed by atoms with Crippen LogP contribution in [0, 0.1) is 0 Å². The highest BCUT2D eigenvalue weighted by molar-refractivity contribution is 14.0. The Morgan fingerprint density at radius 2 is 2.00 bits per heavy atom. The third-order valence-electron chi connectivity index (χ3n) is 3.34. The Hall–Kier alpha value is -1.18. The number of hydrogen-bond acceptors (Lipinski definition) is 3. The molecule has 5 nitrogen and oxygen atoms in total. The minimum absolute atomic E-state index is 0. The van der Waals surface area contributed by atoms with E-state index in [1.807, 2.05) is 25.2 Å². The first-order chi connectivity index (χ1) is 10.2. The Bertz CT molecular complexity index is 467. The van der Waals surface area contributed by atoms with Crippen LogP contribution in [0.4, 0.5) is 0 Å². The average Bonchev–Trinajstić information content (AvgIpc) is 2.52. The van der Waals surface area contributed by atoms with Crippen LogP contribution in [-0.2, 0) is 6.54 Å². The lowest BCUT2D eigenvalue weighted by molar-refractivity contribution is 0.351. The molecule has 0 unspecified atom stereocenters. The summed E-state index contributed by atoms with van der Waals surface area (Å²) in [5, 5.41) is 3.36. The lowest BCUT2D eigenvalue weighted by Gasteiger charge is -2.22. The van der Waals surface area contributed by atoms with E-state index in [4.69, 9.17) is 9.47 Å². The van der Waals surface area contributed by atoms with E-state index in [1.54, 1.807) is 21.3 Å². The molecular formula is C16H28IN3O2. The van der Waals surface area contributed by atoms with Gasteiger partial charge in [0, 0.05) is 32.7 Å². The number of rotatable bonds is 7. The maximum Gasteiger partial charge on any atom is 0.193 e. The lowest BCUT2D eigenvalue weighted by Crippen LogP contribution is -2.39. The van der Waals surface area contributed by atoms with Crippen LogP contribution in [0.1, 0.15) is 25.3 Å². The van der Waals surface area contributed by atoms with E-state index in [1.165, 1.54) is 6.42 Å². The second kappa shape index (κ2) is 11.4. The molecule has 1 rings (SSSR count). The molecule has 0 aromatic heterocycles. The van der Waals surface area contributed by atoms with Gasteiger partial charge in [-0.05, 0) is 12.5 Å². The van der Waals surface area contributed by atoms with Crippen LogP contribution in [0.2, 0.25) is 0 Å². The van der Waals surface area contributed by atoms with Crippen molar-refractivity contribution in [2.24, 2.45) is 4.99 Å². The zero-order valence-electron chi connectivity index (χ0n) is 14.2. The molecule has 6 heteroatoms. The summed E-state index contributed by atoms with van der Waals surface area (Å²) in [7, 11) is 7.15. The van der Waals surface area contributed by atoms with Crippen LogP contribution in [0.3, 0.4) is 0 Å². The van der Waals surface area contributed by atoms with Crippen molar-refractivity contribution in [3.05, 3.63) is 23.8 Å². The van der Waals surface area contributed by atoms with Gasteiger partial charge in [0.25, 0.3) is 0 Å². The van der Waals surface area contributed by atoms with Crippen molar-refractivity contribution in [3.8, 4) is 11.5 Å². The van der Waals surface area contributed by atoms with E-state index in [0.717, 1.165) is 36.0 Å². The zero-order valence-corrected chi connectivity index (χ0v) is 16.5. The van der Waals surface area contributed by atoms with Gasteiger partial charge in [-0.2, -0.15) is 0 Å². The number of hydrogen-bond donors (Lipinski definition) is 1. The molecule has 0 aliphatic rings. The van der Waals surface area contributed by atoms with Gasteiger partial charge in [-0.25, -0.2) is 0 Å². The van der Waals surface area contributed by atoms with Gasteiger partial charge in [-0.3, -0.25) is 4.99 Å². The largest absolute Gasteiger partial charge is 0.493 e. The summed E-state index contributed by atoms with van der Waals surface area (Å²) in [5.41, 5.74) is 1.04. The summed E-state index contributed by atoms with van der Waals surface area (Å²) >= 11 is 0. The molecule has 0 heterocycles. The molecule has 1 N–H and O–H groups in total. The minimum atomic E-state index is 0. The Balaban J connectivity index is 0.00000441. The normalized spacial score (nSPS) is 10.7. The summed E-state index contributed by atoms with van der Waals surface area (Å²) in [6, 6.07) is 5.88. The van der Waals surface area contributed by atoms with E-state index in [9.17, 15) is 0 Å². The number of nitrogens with one attached hydrogen (secondary N) is 1. The van der Waals surface area contributed by atoms with Gasteiger partial charge in [0.1, 0.15) is 0 Å². The number of para-hydroxylation sites is 1. The standard InChI is InChI=1S/C16H27N3O2.HI/c1-6-7-11-19(3)16(17-2)18-12-13-9-8-10-14(20-4)15(13)21-5;/h8-10H,6-7,11-12H2,1-5H3,(H,17,18);1H. The molecule has 0 aliphatic heterocycles. The van der Waals surface area contributed by atoms with Crippen molar-refractivity contribution >= 4 is 29.9 Å². The number of ether oxygens (including phenoxy) is 2. The Morgan fingerprint density at radius 1 is 1.27 bits per heavy atom. The second-order valence-electron chi connectivity index (χ2n) is 4.83. The van der Waals surface area contributed by atoms with Gasteiger partial charge in [-0.15, -0.1) is 24.0 Å². The number of nitrogens with zero attached hydrogens (tertiary/aromatic N) is 2. The van der Waals surface area contributed by atoms with Crippen molar-refractivity contribution in [2.75, 3.05) is 34.9 Å². The van der Waals surface area contributed by atoms with E-state index in [2.05, 4.69) is 22.1 Å². The molecule has 0 fully saturated rings. The van der Waals surface area contributed by atoms with Crippen LogP contribution >= 0.6 is 24.0 Å². The van der Waals surface area contributed by atoms with E-state index >= 15 is 0 Å². The smallest absolute Gasteiger partial charge is 0.193 e. The van der Waals surface area contributed by atoms with Gasteiger partial charge >= 0.3 is 0 Å². The third-order valence-corrected chi connectivity index (χ3v) is 3.34. The molecule has 0 amide bonds. The maximum atomic E-state index is 5.44. The number of guanidine groups is 1. The van der Waals surface area contributed by atoms with Crippen molar-refractivity contribution in [3.63, 3.8) is 0 Å². The highest BCUT2D eigenvalue weighted by Gasteiger charge is 2.11. The lowest BCUT2D eigenvalue weighted by atomic mass is 10.2. The Kier molecular flexibility index (Phi) is 10.8. The molecule has 0 atom stereocenters. The molecule has 0 bridgehead atoms. The quantitative estimate of drug-likeness (QED) is 0.418. The zero-order chi connectivity index (χ0) is 15.7. The van der Waals surface area contributed by atoms with Crippen LogP contribution in [0.15, 0.2) is 23.2 Å². The minimum Gasteiger partial charge on any atom is -0.493 e. The highest BCUT2D eigenvalue weighted by Crippen LogP contribution is 2.30. The molecule has 1 aromatic rings. The molecule has 0 saturated carbocycles. The average molecular weight is 421 g/mol. The van der Waals surface area contributed by atoms with E-state index in [-0.39, 0.29) is 24.0 Å². The fraction of sp³-hybridized carbons (Fsp3) is 0.562. The molecule has 22 heavy (non-hydrogen) atoms. The van der Waals surface area contributed by atoms with Crippen LogP contribution < -0.4 is 14.8 Å². The number of aliphatic imine (C=N–C) groups is 1. The first-order valence-electron chi connectivity index (χ1n) is 7.29. The van der Waals surface area contributed by atoms with E-state index in [0.29, 0.717) is 6.54 Å². The summed E-state index contributed by atoms with van der Waals surface area (Å²) < 4.78 is 10.8. The molecule has 0 radical (unpaired) electrons. The van der Waals surface area contributed by atoms with Crippen molar-refractivity contribution < 1.29 is 9.47 Å². The van der Waals surface area contributed by atoms with Crippen molar-refractivity contribution in [1.82, 2.24) is 10.2 Å². The predicted molar refractivity (Wildman–Crippen MR) is 103 cm³/mol. The summed E-state index contributed by atoms with van der Waals surface area (Å²) in [6.45, 7) is 3.82. The monoisotopic (exact) mass is 421 g/mol. The van der Waals surface area contributed by atoms with Crippen LogP contribution in [0.5, 0.6) is 11.5 Å². The third kappa shape index (κ3) is 5.90. The molecule has 0 spiro atoms. The maximum absolute atomic E-state index is 5.44. The fourth-order valence-corrected chi connectivity index (χ4v) is 2.15. The van der Waals surface area contributed by atoms with Gasteiger partial charge in [0.2, 0.25) is 0 Å². The van der Waals surface area contributed by atoms with Crippen LogP contribution in [-0.4, -0.2) is 45.7 Å². The molecule has 0 saturated heterocycles. The SMILES string of the molecule is CCCCN(C)C(=NC)NCc1cccc(OC)c1OC.I. The topological polar surface area (TPSA) is 46.1 Å². The molecule has 126 valence electrons. The summed E-state index contributed by atoms with van der Waals surface area (Å²) in [6.07, 6.45) is 2.32. The number of unbranched alkanes of at least 4 members (excludes halogenated alkanes) is 1. The Morgan fingerprint density at radius 3 is 2.55 bits per heavy atom. The summed E-state index contributed by atoms with van der Waals surface area (Å²) in [4.78, 5) is 6.45. The number of halogens is 1. The molecule has 1 aromatic carbocycles. The van der Waals surface area contributed by atoms with Gasteiger partial charge in [0.05, 0.1) is 14.2 Å².